The van der Waals surface area contributed by atoms with Gasteiger partial charge in [-0.25, -0.2) is 0 Å². The molecule has 1 aromatic heterocycles. The van der Waals surface area contributed by atoms with Crippen molar-refractivity contribution >= 4 is 6.08 Å². The van der Waals surface area contributed by atoms with Crippen LogP contribution in [0.4, 0.5) is 0 Å². The van der Waals surface area contributed by atoms with Crippen LogP contribution in [0.5, 0.6) is 5.75 Å². The topological polar surface area (TPSA) is 31.4 Å². The van der Waals surface area contributed by atoms with E-state index in [1.807, 2.05) is 18.2 Å². The van der Waals surface area contributed by atoms with Crippen molar-refractivity contribution in [1.29, 1.82) is 0 Å². The van der Waals surface area contributed by atoms with E-state index >= 15 is 0 Å². The van der Waals surface area contributed by atoms with Crippen LogP contribution in [0.15, 0.2) is 24.4 Å². The van der Waals surface area contributed by atoms with Gasteiger partial charge in [-0.1, -0.05) is 13.0 Å². The molecule has 0 unspecified atom stereocenters. The summed E-state index contributed by atoms with van der Waals surface area (Å²) in [5.41, 5.74) is 0.976. The Kier molecular flexibility index (Phi) is 4.97. The second kappa shape index (κ2) is 6.71. The first-order valence-electron chi connectivity index (χ1n) is 7.12. The predicted octanol–water partition coefficient (Wildman–Crippen LogP) is 3.84. The number of nitrogens with zero attached hydrogens (tertiary/aromatic N) is 1. The second-order valence-electron chi connectivity index (χ2n) is 5.25. The van der Waals surface area contributed by atoms with Crippen molar-refractivity contribution in [2.45, 2.75) is 58.3 Å². The van der Waals surface area contributed by atoms with Gasteiger partial charge in [0.05, 0.1) is 24.1 Å². The van der Waals surface area contributed by atoms with Crippen molar-refractivity contribution in [2.75, 3.05) is 0 Å². The second-order valence-corrected chi connectivity index (χ2v) is 5.25. The quantitative estimate of drug-likeness (QED) is 0.779. The number of aromatic nitrogens is 1. The maximum Gasteiger partial charge on any atom is 0.138 e. The summed E-state index contributed by atoms with van der Waals surface area (Å²) in [4.78, 5) is 4.35. The normalized spacial score (nSPS) is 22.7. The lowest BCUT2D eigenvalue weighted by Crippen LogP contribution is -2.40. The minimum absolute atomic E-state index is 0.280. The number of ether oxygens (including phenoxy) is 2. The standard InChI is InChI=1S/C16H23NO2/c1-4-5-6-13-7-8-14(11-17-13)19-16-9-15(10-16)18-12(2)3/h5-8,11-12,15-16H,4,9-10H2,1-3H3/b6-5+. The number of rotatable bonds is 6. The Morgan fingerprint density at radius 3 is 2.68 bits per heavy atom. The summed E-state index contributed by atoms with van der Waals surface area (Å²) in [5.74, 6) is 0.849. The van der Waals surface area contributed by atoms with Crippen LogP contribution in [0.2, 0.25) is 0 Å². The Morgan fingerprint density at radius 2 is 2.11 bits per heavy atom. The molecule has 0 aliphatic heterocycles. The van der Waals surface area contributed by atoms with Crippen molar-refractivity contribution in [3.8, 4) is 5.75 Å². The van der Waals surface area contributed by atoms with E-state index in [1.165, 1.54) is 0 Å². The lowest BCUT2D eigenvalue weighted by molar-refractivity contribution is -0.0850. The van der Waals surface area contributed by atoms with Gasteiger partial charge in [-0.15, -0.1) is 0 Å². The van der Waals surface area contributed by atoms with E-state index in [0.29, 0.717) is 12.2 Å². The van der Waals surface area contributed by atoms with E-state index < -0.39 is 0 Å². The van der Waals surface area contributed by atoms with Crippen LogP contribution in [-0.4, -0.2) is 23.3 Å². The van der Waals surface area contributed by atoms with E-state index in [9.17, 15) is 0 Å². The molecular formula is C16H23NO2. The van der Waals surface area contributed by atoms with Crippen LogP contribution in [0.25, 0.3) is 6.08 Å². The van der Waals surface area contributed by atoms with Gasteiger partial charge in [-0.3, -0.25) is 4.98 Å². The Morgan fingerprint density at radius 1 is 1.32 bits per heavy atom. The number of hydrogen-bond acceptors (Lipinski definition) is 3. The highest BCUT2D eigenvalue weighted by Crippen LogP contribution is 2.28. The van der Waals surface area contributed by atoms with Gasteiger partial charge in [0, 0.05) is 12.8 Å². The molecule has 1 fully saturated rings. The lowest BCUT2D eigenvalue weighted by Gasteiger charge is -2.36. The van der Waals surface area contributed by atoms with E-state index in [4.69, 9.17) is 9.47 Å². The van der Waals surface area contributed by atoms with E-state index in [-0.39, 0.29) is 6.10 Å². The van der Waals surface area contributed by atoms with Crippen molar-refractivity contribution in [3.05, 3.63) is 30.1 Å². The largest absolute Gasteiger partial charge is 0.489 e. The highest BCUT2D eigenvalue weighted by Gasteiger charge is 2.32. The summed E-state index contributed by atoms with van der Waals surface area (Å²) in [6.07, 6.45) is 9.86. The van der Waals surface area contributed by atoms with Crippen LogP contribution in [0.1, 0.15) is 45.7 Å². The summed E-state index contributed by atoms with van der Waals surface area (Å²) in [5, 5.41) is 0. The van der Waals surface area contributed by atoms with E-state index in [0.717, 1.165) is 30.7 Å². The minimum Gasteiger partial charge on any atom is -0.489 e. The maximum absolute atomic E-state index is 5.85. The molecule has 2 rings (SSSR count). The van der Waals surface area contributed by atoms with Gasteiger partial charge in [0.25, 0.3) is 0 Å². The fourth-order valence-electron chi connectivity index (χ4n) is 2.10. The molecule has 1 heterocycles. The molecular weight excluding hydrogens is 238 g/mol. The minimum atomic E-state index is 0.280. The van der Waals surface area contributed by atoms with Crippen molar-refractivity contribution in [3.63, 3.8) is 0 Å². The summed E-state index contributed by atoms with van der Waals surface area (Å²) >= 11 is 0. The number of allylic oxidation sites excluding steroid dienone is 1. The molecule has 0 saturated heterocycles. The summed E-state index contributed by atoms with van der Waals surface area (Å²) in [6.45, 7) is 6.25. The molecule has 0 radical (unpaired) electrons. The molecule has 0 amide bonds. The number of pyridine rings is 1. The van der Waals surface area contributed by atoms with Crippen LogP contribution in [-0.2, 0) is 4.74 Å². The first kappa shape index (κ1) is 14.1. The highest BCUT2D eigenvalue weighted by molar-refractivity contribution is 5.45. The van der Waals surface area contributed by atoms with Crippen LogP contribution in [0.3, 0.4) is 0 Å². The smallest absolute Gasteiger partial charge is 0.138 e. The van der Waals surface area contributed by atoms with E-state index in [2.05, 4.69) is 31.8 Å². The Hall–Kier alpha value is -1.35. The molecule has 1 aliphatic carbocycles. The SMILES string of the molecule is CC/C=C/c1ccc(OC2CC(OC(C)C)C2)cn1. The van der Waals surface area contributed by atoms with E-state index in [1.54, 1.807) is 6.20 Å². The van der Waals surface area contributed by atoms with Crippen molar-refractivity contribution in [2.24, 2.45) is 0 Å². The third-order valence-corrected chi connectivity index (χ3v) is 3.10. The predicted molar refractivity (Wildman–Crippen MR) is 77.2 cm³/mol. The fraction of sp³-hybridized carbons (Fsp3) is 0.562. The molecule has 1 aliphatic rings. The molecule has 0 spiro atoms. The van der Waals surface area contributed by atoms with Gasteiger partial charge < -0.3 is 9.47 Å². The summed E-state index contributed by atoms with van der Waals surface area (Å²) in [6, 6.07) is 3.97. The van der Waals surface area contributed by atoms with Gasteiger partial charge in [-0.2, -0.15) is 0 Å². The van der Waals surface area contributed by atoms with Gasteiger partial charge in [0.2, 0.25) is 0 Å². The third kappa shape index (κ3) is 4.35. The molecule has 0 atom stereocenters. The molecule has 1 saturated carbocycles. The molecule has 0 bridgehead atoms. The molecule has 3 nitrogen and oxygen atoms in total. The van der Waals surface area contributed by atoms with Crippen molar-refractivity contribution < 1.29 is 9.47 Å². The Bertz CT molecular complexity index is 405. The monoisotopic (exact) mass is 261 g/mol. The Labute approximate surface area is 115 Å². The zero-order valence-electron chi connectivity index (χ0n) is 12.0. The lowest BCUT2D eigenvalue weighted by atomic mass is 9.92. The van der Waals surface area contributed by atoms with Gasteiger partial charge in [0.1, 0.15) is 11.9 Å². The molecule has 0 aromatic carbocycles. The van der Waals surface area contributed by atoms with Crippen molar-refractivity contribution in [1.82, 2.24) is 4.98 Å². The fourth-order valence-corrected chi connectivity index (χ4v) is 2.10. The van der Waals surface area contributed by atoms with Crippen LogP contribution < -0.4 is 4.74 Å². The summed E-state index contributed by atoms with van der Waals surface area (Å²) in [7, 11) is 0. The zero-order valence-corrected chi connectivity index (χ0v) is 12.0. The average Bonchev–Trinajstić information content (AvgIpc) is 2.35. The van der Waals surface area contributed by atoms with Crippen LogP contribution in [0, 0.1) is 0 Å². The molecule has 3 heteroatoms. The molecule has 1 aromatic rings. The first-order valence-corrected chi connectivity index (χ1v) is 7.12. The van der Waals surface area contributed by atoms with Gasteiger partial charge in [0.15, 0.2) is 0 Å². The highest BCUT2D eigenvalue weighted by atomic mass is 16.5. The zero-order chi connectivity index (χ0) is 13.7. The molecule has 104 valence electrons. The first-order chi connectivity index (χ1) is 9.17. The number of hydrogen-bond donors (Lipinski definition) is 0. The molecule has 19 heavy (non-hydrogen) atoms. The third-order valence-electron chi connectivity index (χ3n) is 3.10. The van der Waals surface area contributed by atoms with Crippen LogP contribution >= 0.6 is 0 Å². The Balaban J connectivity index is 1.77. The summed E-state index contributed by atoms with van der Waals surface area (Å²) < 4.78 is 11.6. The maximum atomic E-state index is 5.85. The van der Waals surface area contributed by atoms with Gasteiger partial charge >= 0.3 is 0 Å². The average molecular weight is 261 g/mol. The molecule has 0 N–H and O–H groups in total. The van der Waals surface area contributed by atoms with Gasteiger partial charge in [-0.05, 0) is 38.5 Å².